The number of aromatic nitrogens is 2. The molecule has 9 nitrogen and oxygen atoms in total. The first kappa shape index (κ1) is 30.9. The summed E-state index contributed by atoms with van der Waals surface area (Å²) >= 11 is 0. The van der Waals surface area contributed by atoms with Crippen LogP contribution in [-0.4, -0.2) is 59.0 Å². The van der Waals surface area contributed by atoms with Crippen LogP contribution in [0, 0.1) is 5.82 Å². The normalized spacial score (nSPS) is 17.2. The van der Waals surface area contributed by atoms with Crippen LogP contribution in [-0.2, 0) is 6.18 Å². The summed E-state index contributed by atoms with van der Waals surface area (Å²) in [5.74, 6) is -0.358. The molecule has 4 heterocycles. The zero-order chi connectivity index (χ0) is 32.3. The second-order valence-electron chi connectivity index (χ2n) is 11.5. The third kappa shape index (κ3) is 7.08. The van der Waals surface area contributed by atoms with Gasteiger partial charge in [0.25, 0.3) is 5.91 Å². The van der Waals surface area contributed by atoms with Crippen LogP contribution in [0.4, 0.5) is 45.4 Å². The molecule has 1 atom stereocenters. The molecular weight excluding hydrogens is 602 g/mol. The second kappa shape index (κ2) is 13.1. The molecule has 4 N–H and O–H groups in total. The number of anilines is 4. The fourth-order valence-electron chi connectivity index (χ4n) is 5.97. The summed E-state index contributed by atoms with van der Waals surface area (Å²) in [6.07, 6.45) is -1.19. The van der Waals surface area contributed by atoms with Gasteiger partial charge in [0.15, 0.2) is 0 Å². The number of likely N-dealkylation sites (tertiary alicyclic amines) is 1. The van der Waals surface area contributed by atoms with Gasteiger partial charge in [0.05, 0.1) is 23.1 Å². The highest BCUT2D eigenvalue weighted by Crippen LogP contribution is 2.36. The van der Waals surface area contributed by atoms with Gasteiger partial charge in [-0.15, -0.1) is 0 Å². The molecule has 3 amide bonds. The van der Waals surface area contributed by atoms with Crippen molar-refractivity contribution in [1.82, 2.24) is 14.9 Å². The highest BCUT2D eigenvalue weighted by molar-refractivity contribution is 6.06. The van der Waals surface area contributed by atoms with Crippen LogP contribution in [0.2, 0.25) is 0 Å². The van der Waals surface area contributed by atoms with Crippen molar-refractivity contribution in [3.63, 3.8) is 0 Å². The minimum absolute atomic E-state index is 0.102. The number of carbonyl (C=O) groups is 2. The van der Waals surface area contributed by atoms with Crippen molar-refractivity contribution in [2.45, 2.75) is 37.4 Å². The van der Waals surface area contributed by atoms with E-state index in [1.807, 2.05) is 23.1 Å². The maximum atomic E-state index is 14.0. The van der Waals surface area contributed by atoms with Gasteiger partial charge in [-0.3, -0.25) is 4.79 Å². The van der Waals surface area contributed by atoms with E-state index in [2.05, 4.69) is 38.1 Å². The Bertz CT molecular complexity index is 1670. The number of H-pyrrole nitrogens is 1. The summed E-state index contributed by atoms with van der Waals surface area (Å²) in [5, 5.41) is 8.31. The third-order valence-electron chi connectivity index (χ3n) is 8.40. The van der Waals surface area contributed by atoms with Crippen LogP contribution in [0.25, 0.3) is 0 Å². The average Bonchev–Trinajstić information content (AvgIpc) is 3.72. The maximum Gasteiger partial charge on any atom is 0.432 e. The largest absolute Gasteiger partial charge is 0.432 e. The maximum absolute atomic E-state index is 14.0. The number of pyridine rings is 1. The molecule has 2 aliphatic heterocycles. The zero-order valence-corrected chi connectivity index (χ0v) is 24.8. The van der Waals surface area contributed by atoms with E-state index in [1.54, 1.807) is 23.1 Å². The molecule has 13 heteroatoms. The minimum Gasteiger partial charge on any atom is -0.365 e. The summed E-state index contributed by atoms with van der Waals surface area (Å²) in [6.45, 7) is 1.94. The molecule has 240 valence electrons. The lowest BCUT2D eigenvalue weighted by Gasteiger charge is -2.33. The number of benzene rings is 2. The molecule has 2 aromatic carbocycles. The lowest BCUT2D eigenvalue weighted by molar-refractivity contribution is -0.141. The first-order valence-electron chi connectivity index (χ1n) is 15.1. The molecule has 2 aromatic heterocycles. The van der Waals surface area contributed by atoms with Gasteiger partial charge in [-0.25, -0.2) is 14.2 Å². The molecule has 2 aliphatic rings. The average molecular weight is 636 g/mol. The lowest BCUT2D eigenvalue weighted by Crippen LogP contribution is -2.35. The van der Waals surface area contributed by atoms with Crippen molar-refractivity contribution in [3.05, 3.63) is 102 Å². The van der Waals surface area contributed by atoms with Gasteiger partial charge in [0.2, 0.25) is 0 Å². The number of urea groups is 1. The molecule has 46 heavy (non-hydrogen) atoms. The highest BCUT2D eigenvalue weighted by atomic mass is 19.4. The number of para-hydroxylation sites is 1. The van der Waals surface area contributed by atoms with E-state index < -0.39 is 35.2 Å². The Hall–Kier alpha value is -5.07. The Morgan fingerprint density at radius 3 is 2.33 bits per heavy atom. The topological polar surface area (TPSA) is 105 Å². The molecule has 0 bridgehead atoms. The Morgan fingerprint density at radius 1 is 0.891 bits per heavy atom. The van der Waals surface area contributed by atoms with Gasteiger partial charge in [-0.05, 0) is 61.1 Å². The van der Waals surface area contributed by atoms with Crippen LogP contribution >= 0.6 is 0 Å². The molecule has 0 saturated carbocycles. The Kier molecular flexibility index (Phi) is 8.82. The summed E-state index contributed by atoms with van der Waals surface area (Å²) in [7, 11) is 0. The van der Waals surface area contributed by atoms with Crippen molar-refractivity contribution in [2.24, 2.45) is 0 Å². The summed E-state index contributed by atoms with van der Waals surface area (Å²) in [5.41, 5.74) is -0.0399. The van der Waals surface area contributed by atoms with Crippen LogP contribution in [0.3, 0.4) is 0 Å². The van der Waals surface area contributed by atoms with Crippen molar-refractivity contribution in [1.29, 1.82) is 0 Å². The van der Waals surface area contributed by atoms with E-state index in [4.69, 9.17) is 0 Å². The van der Waals surface area contributed by atoms with E-state index in [0.29, 0.717) is 44.3 Å². The number of alkyl halides is 3. The molecule has 0 spiro atoms. The Morgan fingerprint density at radius 2 is 1.63 bits per heavy atom. The SMILES string of the molecule is O=C(Nc1ccc(N[C@H]2CCN(C(=O)Nc3ccccc3F)C2)nc1)c1cc(N2CCC(c3ccccc3)CC2)[nH]c1C(F)(F)F. The van der Waals surface area contributed by atoms with E-state index >= 15 is 0 Å². The van der Waals surface area contributed by atoms with Crippen LogP contribution in [0.15, 0.2) is 79.0 Å². The van der Waals surface area contributed by atoms with E-state index in [0.717, 1.165) is 12.8 Å². The van der Waals surface area contributed by atoms with Crippen LogP contribution in [0.1, 0.15) is 46.8 Å². The first-order valence-corrected chi connectivity index (χ1v) is 15.1. The Balaban J connectivity index is 1.05. The monoisotopic (exact) mass is 635 g/mol. The number of halogens is 4. The van der Waals surface area contributed by atoms with Crippen molar-refractivity contribution >= 4 is 34.9 Å². The van der Waals surface area contributed by atoms with Crippen molar-refractivity contribution < 1.29 is 27.2 Å². The molecule has 2 saturated heterocycles. The number of carbonyl (C=O) groups excluding carboxylic acids is 2. The van der Waals surface area contributed by atoms with Crippen LogP contribution in [0.5, 0.6) is 0 Å². The standard InChI is InChI=1S/C33H33F4N7O2/c34-26-8-4-5-9-27(26)41-32(46)44-17-14-24(20-44)39-28-11-10-23(19-38-28)40-31(45)25-18-29(42-30(25)33(35,36)37)43-15-12-22(13-16-43)21-6-2-1-3-7-21/h1-11,18-19,22,24,42H,12-17,20H2,(H,38,39)(H,40,45)(H,41,46)/t24-/m0/s1. The third-order valence-corrected chi connectivity index (χ3v) is 8.40. The van der Waals surface area contributed by atoms with Gasteiger partial charge in [-0.1, -0.05) is 42.5 Å². The molecular formula is C33H33F4N7O2. The summed E-state index contributed by atoms with van der Waals surface area (Å²) in [4.78, 5) is 35.8. The highest BCUT2D eigenvalue weighted by Gasteiger charge is 2.39. The van der Waals surface area contributed by atoms with Crippen molar-refractivity contribution in [3.8, 4) is 0 Å². The molecule has 2 fully saturated rings. The van der Waals surface area contributed by atoms with E-state index in [-0.39, 0.29) is 23.2 Å². The molecule has 6 rings (SSSR count). The smallest absolute Gasteiger partial charge is 0.365 e. The molecule has 0 aliphatic carbocycles. The van der Waals surface area contributed by atoms with Gasteiger partial charge in [-0.2, -0.15) is 13.2 Å². The zero-order valence-electron chi connectivity index (χ0n) is 24.8. The quantitative estimate of drug-likeness (QED) is 0.165. The summed E-state index contributed by atoms with van der Waals surface area (Å²) < 4.78 is 55.8. The fraction of sp³-hybridized carbons (Fsp3) is 0.303. The first-order chi connectivity index (χ1) is 22.1. The molecule has 0 radical (unpaired) electrons. The number of hydrogen-bond donors (Lipinski definition) is 4. The molecule has 4 aromatic rings. The van der Waals surface area contributed by atoms with Crippen LogP contribution < -0.4 is 20.9 Å². The second-order valence-corrected chi connectivity index (χ2v) is 11.5. The molecule has 0 unspecified atom stereocenters. The predicted octanol–water partition coefficient (Wildman–Crippen LogP) is 6.92. The van der Waals surface area contributed by atoms with Gasteiger partial charge in [0, 0.05) is 32.2 Å². The number of piperidine rings is 1. The van der Waals surface area contributed by atoms with E-state index in [1.165, 1.54) is 36.0 Å². The lowest BCUT2D eigenvalue weighted by atomic mass is 9.89. The predicted molar refractivity (Wildman–Crippen MR) is 168 cm³/mol. The number of amides is 3. The van der Waals surface area contributed by atoms with Gasteiger partial charge < -0.3 is 30.7 Å². The number of aromatic amines is 1. The Labute approximate surface area is 263 Å². The van der Waals surface area contributed by atoms with Gasteiger partial charge in [0.1, 0.15) is 23.1 Å². The van der Waals surface area contributed by atoms with Crippen molar-refractivity contribution in [2.75, 3.05) is 47.0 Å². The minimum atomic E-state index is -4.75. The number of nitrogens with one attached hydrogen (secondary N) is 4. The number of rotatable bonds is 7. The number of nitrogens with zero attached hydrogens (tertiary/aromatic N) is 3. The number of hydrogen-bond acceptors (Lipinski definition) is 5. The summed E-state index contributed by atoms with van der Waals surface area (Å²) in [6, 6.07) is 19.8. The van der Waals surface area contributed by atoms with E-state index in [9.17, 15) is 27.2 Å². The fourth-order valence-corrected chi connectivity index (χ4v) is 5.97. The van der Waals surface area contributed by atoms with Gasteiger partial charge >= 0.3 is 12.2 Å².